The van der Waals surface area contributed by atoms with Gasteiger partial charge in [-0.1, -0.05) is 47.0 Å². The highest BCUT2D eigenvalue weighted by Crippen LogP contribution is 2.19. The van der Waals surface area contributed by atoms with Crippen LogP contribution in [-0.4, -0.2) is 39.1 Å². The summed E-state index contributed by atoms with van der Waals surface area (Å²) in [5.74, 6) is 0.719. The molecular formula is C16H32O3. The highest BCUT2D eigenvalue weighted by Gasteiger charge is 2.25. The number of epoxide rings is 1. The van der Waals surface area contributed by atoms with Gasteiger partial charge in [0.2, 0.25) is 0 Å². The monoisotopic (exact) mass is 272 g/mol. The molecule has 3 nitrogen and oxygen atoms in total. The van der Waals surface area contributed by atoms with E-state index < -0.39 is 0 Å². The van der Waals surface area contributed by atoms with Gasteiger partial charge in [-0.05, 0) is 12.3 Å². The Balaban J connectivity index is 2.06. The van der Waals surface area contributed by atoms with Gasteiger partial charge in [-0.3, -0.25) is 0 Å². The van der Waals surface area contributed by atoms with Crippen molar-refractivity contribution < 1.29 is 14.2 Å². The van der Waals surface area contributed by atoms with Gasteiger partial charge in [-0.25, -0.2) is 0 Å². The Morgan fingerprint density at radius 1 is 1.21 bits per heavy atom. The van der Waals surface area contributed by atoms with Crippen LogP contribution in [0, 0.1) is 11.3 Å². The summed E-state index contributed by atoms with van der Waals surface area (Å²) in [6, 6.07) is 0. The van der Waals surface area contributed by atoms with Gasteiger partial charge in [0, 0.05) is 12.0 Å². The first kappa shape index (κ1) is 16.9. The summed E-state index contributed by atoms with van der Waals surface area (Å²) in [5.41, 5.74) is 0.0952. The summed E-state index contributed by atoms with van der Waals surface area (Å²) < 4.78 is 16.7. The van der Waals surface area contributed by atoms with Gasteiger partial charge in [0.25, 0.3) is 0 Å². The Morgan fingerprint density at radius 3 is 2.47 bits per heavy atom. The van der Waals surface area contributed by atoms with E-state index in [1.807, 2.05) is 0 Å². The molecule has 1 aliphatic rings. The first-order valence-corrected chi connectivity index (χ1v) is 7.84. The van der Waals surface area contributed by atoms with E-state index in [9.17, 15) is 0 Å². The lowest BCUT2D eigenvalue weighted by Gasteiger charge is -2.25. The van der Waals surface area contributed by atoms with Gasteiger partial charge in [0.15, 0.2) is 0 Å². The van der Waals surface area contributed by atoms with E-state index >= 15 is 0 Å². The van der Waals surface area contributed by atoms with Crippen LogP contribution >= 0.6 is 0 Å². The van der Waals surface area contributed by atoms with E-state index in [4.69, 9.17) is 14.2 Å². The molecule has 0 aromatic carbocycles. The molecule has 0 aromatic rings. The molecule has 1 heterocycles. The van der Waals surface area contributed by atoms with Crippen molar-refractivity contribution in [1.29, 1.82) is 0 Å². The molecule has 1 saturated heterocycles. The van der Waals surface area contributed by atoms with E-state index in [1.165, 1.54) is 25.7 Å². The van der Waals surface area contributed by atoms with Crippen molar-refractivity contribution in [3.63, 3.8) is 0 Å². The molecule has 0 aromatic heterocycles. The molecule has 0 aliphatic carbocycles. The van der Waals surface area contributed by atoms with Crippen LogP contribution in [0.5, 0.6) is 0 Å². The third-order valence-corrected chi connectivity index (χ3v) is 3.59. The van der Waals surface area contributed by atoms with Crippen LogP contribution in [0.1, 0.15) is 53.4 Å². The average Bonchev–Trinajstić information content (AvgIpc) is 3.17. The second-order valence-corrected chi connectivity index (χ2v) is 6.57. The van der Waals surface area contributed by atoms with Crippen molar-refractivity contribution >= 4 is 0 Å². The van der Waals surface area contributed by atoms with Crippen LogP contribution < -0.4 is 0 Å². The molecule has 0 bridgehead atoms. The highest BCUT2D eigenvalue weighted by molar-refractivity contribution is 4.71. The zero-order valence-corrected chi connectivity index (χ0v) is 13.2. The minimum Gasteiger partial charge on any atom is -0.381 e. The predicted molar refractivity (Wildman–Crippen MR) is 78.5 cm³/mol. The fourth-order valence-electron chi connectivity index (χ4n) is 2.07. The Bertz CT molecular complexity index is 224. The maximum absolute atomic E-state index is 5.91. The van der Waals surface area contributed by atoms with E-state index in [2.05, 4.69) is 27.7 Å². The Labute approximate surface area is 119 Å². The molecule has 0 spiro atoms. The molecule has 1 aliphatic heterocycles. The zero-order valence-electron chi connectivity index (χ0n) is 13.2. The van der Waals surface area contributed by atoms with Crippen LogP contribution in [0.15, 0.2) is 0 Å². The van der Waals surface area contributed by atoms with Gasteiger partial charge in [-0.2, -0.15) is 0 Å². The summed E-state index contributed by atoms with van der Waals surface area (Å²) in [6.07, 6.45) is 5.46. The van der Waals surface area contributed by atoms with Crippen LogP contribution in [0.3, 0.4) is 0 Å². The Kier molecular flexibility index (Phi) is 7.96. The number of unbranched alkanes of at least 4 members (excludes halogenated alkanes) is 1. The summed E-state index contributed by atoms with van der Waals surface area (Å²) >= 11 is 0. The Morgan fingerprint density at radius 2 is 1.89 bits per heavy atom. The SMILES string of the molecule is CCCCC(CC)COCC(C)(C)COCC1CO1. The molecule has 114 valence electrons. The van der Waals surface area contributed by atoms with Crippen LogP contribution in [-0.2, 0) is 14.2 Å². The smallest absolute Gasteiger partial charge is 0.104 e. The van der Waals surface area contributed by atoms with E-state index in [0.29, 0.717) is 6.10 Å². The summed E-state index contributed by atoms with van der Waals surface area (Å²) in [7, 11) is 0. The normalized spacial score (nSPS) is 20.5. The predicted octanol–water partition coefficient (Wildman–Crippen LogP) is 3.66. The lowest BCUT2D eigenvalue weighted by atomic mass is 9.96. The van der Waals surface area contributed by atoms with Crippen LogP contribution in [0.25, 0.3) is 0 Å². The number of hydrogen-bond acceptors (Lipinski definition) is 3. The third kappa shape index (κ3) is 8.61. The van der Waals surface area contributed by atoms with Crippen LogP contribution in [0.4, 0.5) is 0 Å². The van der Waals surface area contributed by atoms with Crippen molar-refractivity contribution in [2.75, 3.05) is 33.0 Å². The standard InChI is InChI=1S/C16H32O3/c1-5-7-8-14(6-2)9-17-12-16(3,4)13-18-10-15-11-19-15/h14-15H,5-13H2,1-4H3. The molecular weight excluding hydrogens is 240 g/mol. The van der Waals surface area contributed by atoms with Crippen molar-refractivity contribution in [2.45, 2.75) is 59.5 Å². The second-order valence-electron chi connectivity index (χ2n) is 6.57. The summed E-state index contributed by atoms with van der Waals surface area (Å²) in [4.78, 5) is 0. The average molecular weight is 272 g/mol. The largest absolute Gasteiger partial charge is 0.381 e. The maximum Gasteiger partial charge on any atom is 0.104 e. The molecule has 1 rings (SSSR count). The molecule has 2 atom stereocenters. The van der Waals surface area contributed by atoms with E-state index in [1.54, 1.807) is 0 Å². The topological polar surface area (TPSA) is 31.0 Å². The quantitative estimate of drug-likeness (QED) is 0.508. The van der Waals surface area contributed by atoms with Gasteiger partial charge in [0.1, 0.15) is 6.10 Å². The zero-order chi connectivity index (χ0) is 14.1. The van der Waals surface area contributed by atoms with Crippen molar-refractivity contribution in [3.05, 3.63) is 0 Å². The number of rotatable bonds is 12. The number of hydrogen-bond donors (Lipinski definition) is 0. The van der Waals surface area contributed by atoms with Gasteiger partial charge >= 0.3 is 0 Å². The first-order valence-electron chi connectivity index (χ1n) is 7.84. The molecule has 0 amide bonds. The highest BCUT2D eigenvalue weighted by atomic mass is 16.6. The Hall–Kier alpha value is -0.120. The first-order chi connectivity index (χ1) is 9.07. The molecule has 3 heteroatoms. The fourth-order valence-corrected chi connectivity index (χ4v) is 2.07. The molecule has 0 saturated carbocycles. The van der Waals surface area contributed by atoms with Gasteiger partial charge in [0.05, 0.1) is 26.4 Å². The second kappa shape index (κ2) is 8.93. The fraction of sp³-hybridized carbons (Fsp3) is 1.00. The summed E-state index contributed by atoms with van der Waals surface area (Å²) in [5, 5.41) is 0. The molecule has 2 unspecified atom stereocenters. The van der Waals surface area contributed by atoms with Gasteiger partial charge < -0.3 is 14.2 Å². The minimum atomic E-state index is 0.0952. The molecule has 0 N–H and O–H groups in total. The van der Waals surface area contributed by atoms with Crippen molar-refractivity contribution in [3.8, 4) is 0 Å². The lowest BCUT2D eigenvalue weighted by molar-refractivity contribution is -0.0169. The molecule has 1 fully saturated rings. The van der Waals surface area contributed by atoms with Crippen molar-refractivity contribution in [2.24, 2.45) is 11.3 Å². The lowest BCUT2D eigenvalue weighted by Crippen LogP contribution is -2.27. The number of ether oxygens (including phenoxy) is 3. The minimum absolute atomic E-state index is 0.0952. The maximum atomic E-state index is 5.91. The van der Waals surface area contributed by atoms with Gasteiger partial charge in [-0.15, -0.1) is 0 Å². The molecule has 0 radical (unpaired) electrons. The summed E-state index contributed by atoms with van der Waals surface area (Å²) in [6.45, 7) is 12.9. The molecule has 19 heavy (non-hydrogen) atoms. The van der Waals surface area contributed by atoms with E-state index in [-0.39, 0.29) is 5.41 Å². The van der Waals surface area contributed by atoms with E-state index in [0.717, 1.165) is 39.0 Å². The van der Waals surface area contributed by atoms with Crippen molar-refractivity contribution in [1.82, 2.24) is 0 Å². The van der Waals surface area contributed by atoms with Crippen LogP contribution in [0.2, 0.25) is 0 Å². The third-order valence-electron chi connectivity index (χ3n) is 3.59.